The average Bonchev–Trinajstić information content (AvgIpc) is 2.58. The van der Waals surface area contributed by atoms with Gasteiger partial charge < -0.3 is 0 Å². The SMILES string of the molecule is C1=C[NH+]2N=Cc3ccccc3C=C2N=1. The lowest BCUT2D eigenvalue weighted by atomic mass is 10.1. The van der Waals surface area contributed by atoms with Gasteiger partial charge in [-0.3, -0.25) is 0 Å². The summed E-state index contributed by atoms with van der Waals surface area (Å²) in [7, 11) is 0. The maximum Gasteiger partial charge on any atom is 0.266 e. The Morgan fingerprint density at radius 1 is 1.14 bits per heavy atom. The monoisotopic (exact) mass is 182 g/mol. The van der Waals surface area contributed by atoms with E-state index in [-0.39, 0.29) is 0 Å². The topological polar surface area (TPSA) is 29.2 Å². The van der Waals surface area contributed by atoms with Crippen molar-refractivity contribution in [1.82, 2.24) is 0 Å². The maximum atomic E-state index is 4.34. The molecule has 1 N–H and O–H groups in total. The summed E-state index contributed by atoms with van der Waals surface area (Å²) in [6.45, 7) is 0. The Hall–Kier alpha value is -1.96. The van der Waals surface area contributed by atoms with Crippen LogP contribution in [0.15, 0.2) is 46.4 Å². The van der Waals surface area contributed by atoms with E-state index in [1.807, 2.05) is 30.5 Å². The predicted molar refractivity (Wildman–Crippen MR) is 55.0 cm³/mol. The molecule has 0 saturated heterocycles. The van der Waals surface area contributed by atoms with Crippen molar-refractivity contribution in [3.05, 3.63) is 47.4 Å². The maximum absolute atomic E-state index is 4.34. The van der Waals surface area contributed by atoms with E-state index in [4.69, 9.17) is 0 Å². The molecule has 0 bridgehead atoms. The quantitative estimate of drug-likeness (QED) is 0.602. The van der Waals surface area contributed by atoms with Crippen LogP contribution in [0.3, 0.4) is 0 Å². The number of nitrogens with one attached hydrogen (secondary N) is 1. The number of hydrogen-bond donors (Lipinski definition) is 1. The summed E-state index contributed by atoms with van der Waals surface area (Å²) < 4.78 is 0. The Morgan fingerprint density at radius 2 is 2.00 bits per heavy atom. The van der Waals surface area contributed by atoms with Gasteiger partial charge in [0.1, 0.15) is 0 Å². The second kappa shape index (κ2) is 2.77. The standard InChI is InChI=1S/C11H7N3/c1-2-4-10-8-13-14-6-5-12-11(14)7-9(10)3-1/h1-4,6-8H/p+1. The van der Waals surface area contributed by atoms with Gasteiger partial charge in [-0.05, 0) is 5.56 Å². The molecule has 1 aromatic carbocycles. The van der Waals surface area contributed by atoms with E-state index < -0.39 is 0 Å². The lowest BCUT2D eigenvalue weighted by Gasteiger charge is -1.97. The summed E-state index contributed by atoms with van der Waals surface area (Å²) in [5, 5.41) is 5.23. The van der Waals surface area contributed by atoms with Crippen molar-refractivity contribution >= 4 is 18.2 Å². The van der Waals surface area contributed by atoms with Gasteiger partial charge >= 0.3 is 0 Å². The molecule has 0 radical (unpaired) electrons. The van der Waals surface area contributed by atoms with E-state index >= 15 is 0 Å². The van der Waals surface area contributed by atoms with Gasteiger partial charge in [0.15, 0.2) is 6.20 Å². The van der Waals surface area contributed by atoms with Crippen LogP contribution < -0.4 is 5.01 Å². The third kappa shape index (κ3) is 1.04. The van der Waals surface area contributed by atoms with Gasteiger partial charge in [0.25, 0.3) is 5.82 Å². The molecule has 2 aliphatic rings. The third-order valence-corrected chi connectivity index (χ3v) is 2.28. The fourth-order valence-electron chi connectivity index (χ4n) is 1.55. The molecular weight excluding hydrogens is 174 g/mol. The highest BCUT2D eigenvalue weighted by Gasteiger charge is 2.18. The van der Waals surface area contributed by atoms with Crippen molar-refractivity contribution in [1.29, 1.82) is 0 Å². The van der Waals surface area contributed by atoms with E-state index in [1.54, 1.807) is 6.20 Å². The third-order valence-electron chi connectivity index (χ3n) is 2.28. The van der Waals surface area contributed by atoms with Crippen LogP contribution in [-0.2, 0) is 0 Å². The molecule has 2 aliphatic heterocycles. The molecule has 1 aromatic rings. The molecule has 0 fully saturated rings. The molecule has 0 amide bonds. The first-order valence-electron chi connectivity index (χ1n) is 4.45. The van der Waals surface area contributed by atoms with Crippen molar-refractivity contribution in [2.75, 3.05) is 0 Å². The first-order chi connectivity index (χ1) is 6.93. The Kier molecular flexibility index (Phi) is 1.47. The molecule has 0 aliphatic carbocycles. The largest absolute Gasteiger partial charge is 0.266 e. The average molecular weight is 182 g/mol. The molecule has 3 heteroatoms. The van der Waals surface area contributed by atoms with Crippen LogP contribution in [0, 0.1) is 0 Å². The van der Waals surface area contributed by atoms with Crippen molar-refractivity contribution in [2.45, 2.75) is 0 Å². The Morgan fingerprint density at radius 3 is 2.93 bits per heavy atom. The molecule has 1 unspecified atom stereocenters. The van der Waals surface area contributed by atoms with Gasteiger partial charge in [-0.25, -0.2) is 0 Å². The molecule has 3 rings (SSSR count). The van der Waals surface area contributed by atoms with Crippen molar-refractivity contribution in [2.24, 2.45) is 10.1 Å². The van der Waals surface area contributed by atoms with E-state index in [0.29, 0.717) is 0 Å². The van der Waals surface area contributed by atoms with E-state index in [1.165, 1.54) is 0 Å². The highest BCUT2D eigenvalue weighted by atomic mass is 15.5. The Balaban J connectivity index is 2.21. The minimum absolute atomic E-state index is 0.890. The molecule has 14 heavy (non-hydrogen) atoms. The Bertz CT molecular complexity index is 505. The zero-order chi connectivity index (χ0) is 9.38. The number of quaternary nitrogens is 1. The summed E-state index contributed by atoms with van der Waals surface area (Å²) >= 11 is 0. The minimum Gasteiger partial charge on any atom is -0.144 e. The Labute approximate surface area is 81.4 Å². The van der Waals surface area contributed by atoms with Crippen LogP contribution >= 0.6 is 0 Å². The summed E-state index contributed by atoms with van der Waals surface area (Å²) in [6, 6.07) is 8.13. The zero-order valence-electron chi connectivity index (χ0n) is 7.44. The van der Waals surface area contributed by atoms with Crippen LogP contribution in [-0.4, -0.2) is 12.1 Å². The first kappa shape index (κ1) is 7.44. The summed E-state index contributed by atoms with van der Waals surface area (Å²) in [5.41, 5.74) is 2.28. The van der Waals surface area contributed by atoms with Crippen LogP contribution in [0.25, 0.3) is 6.08 Å². The lowest BCUT2D eigenvalue weighted by molar-refractivity contribution is -0.807. The molecule has 66 valence electrons. The molecule has 0 aromatic heterocycles. The van der Waals surface area contributed by atoms with Crippen molar-refractivity contribution < 1.29 is 5.01 Å². The fraction of sp³-hybridized carbons (Fsp3) is 0. The second-order valence-electron chi connectivity index (χ2n) is 3.19. The highest BCUT2D eigenvalue weighted by molar-refractivity contribution is 5.86. The van der Waals surface area contributed by atoms with Gasteiger partial charge in [0.05, 0.1) is 12.1 Å². The van der Waals surface area contributed by atoms with Gasteiger partial charge in [-0.2, -0.15) is 0 Å². The number of fused-ring (bicyclic) bond motifs is 2. The van der Waals surface area contributed by atoms with Crippen LogP contribution in [0.5, 0.6) is 0 Å². The van der Waals surface area contributed by atoms with Crippen molar-refractivity contribution in [3.8, 4) is 0 Å². The number of rotatable bonds is 0. The smallest absolute Gasteiger partial charge is 0.144 e. The van der Waals surface area contributed by atoms with E-state index in [2.05, 4.69) is 22.0 Å². The molecule has 0 spiro atoms. The van der Waals surface area contributed by atoms with Crippen molar-refractivity contribution in [3.63, 3.8) is 0 Å². The molecule has 3 nitrogen and oxygen atoms in total. The lowest BCUT2D eigenvalue weighted by Crippen LogP contribution is -2.99. The summed E-state index contributed by atoms with van der Waals surface area (Å²) in [4.78, 5) is 4.12. The zero-order valence-corrected chi connectivity index (χ0v) is 7.44. The molecular formula is C11H8N3+. The van der Waals surface area contributed by atoms with Crippen LogP contribution in [0.2, 0.25) is 0 Å². The van der Waals surface area contributed by atoms with Gasteiger partial charge in [-0.15, -0.1) is 10.0 Å². The highest BCUT2D eigenvalue weighted by Crippen LogP contribution is 2.12. The van der Waals surface area contributed by atoms with Crippen LogP contribution in [0.1, 0.15) is 11.1 Å². The number of aliphatic imine (C=N–C) groups is 1. The minimum atomic E-state index is 0.890. The molecule has 2 heterocycles. The number of hydrogen-bond acceptors (Lipinski definition) is 2. The van der Waals surface area contributed by atoms with E-state index in [9.17, 15) is 0 Å². The number of benzene rings is 1. The van der Waals surface area contributed by atoms with Gasteiger partial charge in [0, 0.05) is 11.6 Å². The molecule has 0 saturated carbocycles. The predicted octanol–water partition coefficient (Wildman–Crippen LogP) is 0.414. The second-order valence-corrected chi connectivity index (χ2v) is 3.19. The first-order valence-corrected chi connectivity index (χ1v) is 4.45. The number of nitrogens with zero attached hydrogens (tertiary/aromatic N) is 2. The van der Waals surface area contributed by atoms with Crippen LogP contribution in [0.4, 0.5) is 0 Å². The summed E-state index contributed by atoms with van der Waals surface area (Å²) in [5.74, 6) is 3.70. The summed E-state index contributed by atoms with van der Waals surface area (Å²) in [6.07, 6.45) is 5.70. The normalized spacial score (nSPS) is 21.4. The van der Waals surface area contributed by atoms with E-state index in [0.717, 1.165) is 22.0 Å². The fourth-order valence-corrected chi connectivity index (χ4v) is 1.55. The molecule has 1 atom stereocenters. The van der Waals surface area contributed by atoms with Gasteiger partial charge in [0.2, 0.25) is 0 Å². The van der Waals surface area contributed by atoms with Gasteiger partial charge in [-0.1, -0.05) is 29.4 Å².